The molecule has 0 saturated heterocycles. The van der Waals surface area contributed by atoms with Crippen molar-refractivity contribution in [1.82, 2.24) is 24.5 Å². The molecule has 0 saturated carbocycles. The molecular formula is C18H19F6N7O. The van der Waals surface area contributed by atoms with Crippen LogP contribution in [0, 0.1) is 0 Å². The zero-order chi connectivity index (χ0) is 23.9. The van der Waals surface area contributed by atoms with E-state index in [0.717, 1.165) is 0 Å². The minimum Gasteiger partial charge on any atom is -0.372 e. The monoisotopic (exact) mass is 463 g/mol. The second-order valence-corrected chi connectivity index (χ2v) is 7.27. The quantitative estimate of drug-likeness (QED) is 0.537. The molecule has 174 valence electrons. The maximum Gasteiger partial charge on any atom is 0.428 e. The highest BCUT2D eigenvalue weighted by Gasteiger charge is 2.70. The maximum atomic E-state index is 13.0. The second-order valence-electron chi connectivity index (χ2n) is 7.27. The Balaban J connectivity index is 2.09. The van der Waals surface area contributed by atoms with Crippen LogP contribution >= 0.6 is 0 Å². The number of anilines is 3. The van der Waals surface area contributed by atoms with Crippen LogP contribution in [-0.4, -0.2) is 61.2 Å². The highest BCUT2D eigenvalue weighted by atomic mass is 19.4. The van der Waals surface area contributed by atoms with E-state index in [1.807, 2.05) is 5.32 Å². The molecule has 2 N–H and O–H groups in total. The van der Waals surface area contributed by atoms with E-state index in [0.29, 0.717) is 5.69 Å². The number of aliphatic hydroxyl groups is 1. The largest absolute Gasteiger partial charge is 0.428 e. The van der Waals surface area contributed by atoms with Gasteiger partial charge < -0.3 is 19.9 Å². The fraction of sp³-hybridized carbons (Fsp3) is 0.444. The molecule has 32 heavy (non-hydrogen) atoms. The van der Waals surface area contributed by atoms with Crippen LogP contribution in [0.15, 0.2) is 30.9 Å². The van der Waals surface area contributed by atoms with Gasteiger partial charge >= 0.3 is 12.4 Å². The zero-order valence-corrected chi connectivity index (χ0v) is 17.1. The van der Waals surface area contributed by atoms with Crippen LogP contribution in [0.25, 0.3) is 11.2 Å². The minimum atomic E-state index is -5.97. The lowest BCUT2D eigenvalue weighted by molar-refractivity contribution is -0.362. The molecule has 0 radical (unpaired) electrons. The van der Waals surface area contributed by atoms with Crippen molar-refractivity contribution in [2.45, 2.75) is 37.8 Å². The Hall–Kier alpha value is -3.16. The van der Waals surface area contributed by atoms with Crippen LogP contribution in [0.4, 0.5) is 43.8 Å². The molecular weight excluding hydrogens is 444 g/mol. The number of hydrogen-bond donors (Lipinski definition) is 2. The standard InChI is InChI=1S/C18H19F6N7O/c1-10(2)31-9-27-12-13(30(3)11-5-4-6-25-7-11)28-15(29-14(12)31)26-8-16(32,17(19,20)21)18(22,23)24/h4-7,9-10,32H,8H2,1-3H3,(H,26,28,29). The Morgan fingerprint density at radius 3 is 2.31 bits per heavy atom. The van der Waals surface area contributed by atoms with E-state index in [4.69, 9.17) is 0 Å². The van der Waals surface area contributed by atoms with E-state index in [-0.39, 0.29) is 23.0 Å². The molecule has 3 aromatic heterocycles. The Bertz CT molecular complexity index is 1070. The third kappa shape index (κ3) is 4.13. The third-order valence-electron chi connectivity index (χ3n) is 4.75. The average Bonchev–Trinajstić information content (AvgIpc) is 3.14. The van der Waals surface area contributed by atoms with E-state index >= 15 is 0 Å². The predicted octanol–water partition coefficient (Wildman–Crippen LogP) is 3.84. The van der Waals surface area contributed by atoms with Gasteiger partial charge in [-0.3, -0.25) is 4.98 Å². The normalized spacial score (nSPS) is 13.1. The van der Waals surface area contributed by atoms with E-state index < -0.39 is 30.4 Å². The molecule has 3 heterocycles. The highest BCUT2D eigenvalue weighted by molar-refractivity contribution is 5.87. The molecule has 0 aliphatic rings. The minimum absolute atomic E-state index is 0.118. The molecule has 0 amide bonds. The number of nitrogens with one attached hydrogen (secondary N) is 1. The van der Waals surface area contributed by atoms with Crippen molar-refractivity contribution in [3.63, 3.8) is 0 Å². The predicted molar refractivity (Wildman–Crippen MR) is 104 cm³/mol. The van der Waals surface area contributed by atoms with Gasteiger partial charge in [0.15, 0.2) is 17.0 Å². The summed E-state index contributed by atoms with van der Waals surface area (Å²) in [4.78, 5) is 17.9. The number of alkyl halides is 6. The summed E-state index contributed by atoms with van der Waals surface area (Å²) >= 11 is 0. The van der Waals surface area contributed by atoms with Gasteiger partial charge in [-0.15, -0.1) is 0 Å². The summed E-state index contributed by atoms with van der Waals surface area (Å²) in [7, 11) is 1.58. The molecule has 3 rings (SSSR count). The number of hydrogen-bond acceptors (Lipinski definition) is 7. The Morgan fingerprint density at radius 1 is 1.12 bits per heavy atom. The van der Waals surface area contributed by atoms with Crippen molar-refractivity contribution in [3.05, 3.63) is 30.9 Å². The zero-order valence-electron chi connectivity index (χ0n) is 17.1. The van der Waals surface area contributed by atoms with Gasteiger partial charge in [-0.1, -0.05) is 0 Å². The third-order valence-corrected chi connectivity index (χ3v) is 4.75. The molecule has 0 aliphatic heterocycles. The molecule has 3 aromatic rings. The number of pyridine rings is 1. The molecule has 0 aromatic carbocycles. The van der Waals surface area contributed by atoms with Crippen LogP contribution < -0.4 is 10.2 Å². The number of rotatable bonds is 6. The lowest BCUT2D eigenvalue weighted by atomic mass is 10.0. The van der Waals surface area contributed by atoms with Crippen molar-refractivity contribution < 1.29 is 31.4 Å². The summed E-state index contributed by atoms with van der Waals surface area (Å²) < 4.78 is 79.7. The van der Waals surface area contributed by atoms with Gasteiger partial charge in [0.2, 0.25) is 5.95 Å². The van der Waals surface area contributed by atoms with E-state index in [1.165, 1.54) is 23.6 Å². The maximum absolute atomic E-state index is 13.0. The first-order chi connectivity index (χ1) is 14.8. The SMILES string of the molecule is CC(C)n1cnc2c(N(C)c3cccnc3)nc(NCC(O)(C(F)(F)F)C(F)(F)F)nc21. The van der Waals surface area contributed by atoms with Crippen LogP contribution in [0.1, 0.15) is 19.9 Å². The molecule has 0 atom stereocenters. The molecule has 0 bridgehead atoms. The fourth-order valence-corrected chi connectivity index (χ4v) is 2.84. The van der Waals surface area contributed by atoms with Crippen LogP contribution in [0.5, 0.6) is 0 Å². The van der Waals surface area contributed by atoms with Gasteiger partial charge in [0.25, 0.3) is 5.60 Å². The van der Waals surface area contributed by atoms with Crippen LogP contribution in [-0.2, 0) is 0 Å². The smallest absolute Gasteiger partial charge is 0.372 e. The lowest BCUT2D eigenvalue weighted by Gasteiger charge is -2.32. The molecule has 14 heteroatoms. The van der Waals surface area contributed by atoms with Crippen molar-refractivity contribution >= 4 is 28.6 Å². The van der Waals surface area contributed by atoms with Gasteiger partial charge in [-0.25, -0.2) is 4.98 Å². The topological polar surface area (TPSA) is 92.0 Å². The molecule has 0 fully saturated rings. The molecule has 0 spiro atoms. The first kappa shape index (κ1) is 23.5. The Kier molecular flexibility index (Phi) is 5.93. The summed E-state index contributed by atoms with van der Waals surface area (Å²) in [5.41, 5.74) is -3.99. The van der Waals surface area contributed by atoms with E-state index in [1.54, 1.807) is 37.6 Å². The first-order valence-electron chi connectivity index (χ1n) is 9.24. The van der Waals surface area contributed by atoms with Crippen molar-refractivity contribution in [1.29, 1.82) is 0 Å². The van der Waals surface area contributed by atoms with Gasteiger partial charge in [0, 0.05) is 19.3 Å². The van der Waals surface area contributed by atoms with Crippen molar-refractivity contribution in [2.75, 3.05) is 23.8 Å². The number of halogens is 6. The highest BCUT2D eigenvalue weighted by Crippen LogP contribution is 2.43. The lowest BCUT2D eigenvalue weighted by Crippen LogP contribution is -2.61. The van der Waals surface area contributed by atoms with E-state index in [2.05, 4.69) is 19.9 Å². The van der Waals surface area contributed by atoms with Gasteiger partial charge in [0.05, 0.1) is 24.8 Å². The second kappa shape index (κ2) is 8.07. The first-order valence-corrected chi connectivity index (χ1v) is 9.24. The number of imidazole rings is 1. The summed E-state index contributed by atoms with van der Waals surface area (Å²) in [6, 6.07) is 3.16. The summed E-state index contributed by atoms with van der Waals surface area (Å²) in [6.45, 7) is 1.66. The Morgan fingerprint density at radius 2 is 1.78 bits per heavy atom. The summed E-state index contributed by atoms with van der Waals surface area (Å²) in [5.74, 6) is -0.426. The molecule has 8 nitrogen and oxygen atoms in total. The number of nitrogens with zero attached hydrogens (tertiary/aromatic N) is 6. The Labute approximate surface area is 177 Å². The fourth-order valence-electron chi connectivity index (χ4n) is 2.84. The average molecular weight is 463 g/mol. The van der Waals surface area contributed by atoms with Gasteiger partial charge in [-0.2, -0.15) is 36.3 Å². The van der Waals surface area contributed by atoms with Crippen LogP contribution in [0.2, 0.25) is 0 Å². The van der Waals surface area contributed by atoms with Crippen LogP contribution in [0.3, 0.4) is 0 Å². The summed E-state index contributed by atoms with van der Waals surface area (Å²) in [6.07, 6.45) is -7.49. The van der Waals surface area contributed by atoms with Crippen molar-refractivity contribution in [2.24, 2.45) is 0 Å². The number of aromatic nitrogens is 5. The molecule has 0 aliphatic carbocycles. The van der Waals surface area contributed by atoms with Crippen molar-refractivity contribution in [3.8, 4) is 0 Å². The summed E-state index contributed by atoms with van der Waals surface area (Å²) in [5, 5.41) is 11.3. The van der Waals surface area contributed by atoms with E-state index in [9.17, 15) is 31.4 Å². The van der Waals surface area contributed by atoms with Gasteiger partial charge in [0.1, 0.15) is 0 Å². The molecule has 0 unspecified atom stereocenters. The number of fused-ring (bicyclic) bond motifs is 1. The van der Waals surface area contributed by atoms with Gasteiger partial charge in [-0.05, 0) is 26.0 Å².